The molecule has 0 aliphatic rings. The van der Waals surface area contributed by atoms with Crippen molar-refractivity contribution in [1.29, 1.82) is 0 Å². The number of hydrogen-bond donors (Lipinski definition) is 3. The third-order valence-corrected chi connectivity index (χ3v) is 3.76. The van der Waals surface area contributed by atoms with Crippen molar-refractivity contribution in [1.82, 2.24) is 4.98 Å². The molecule has 0 saturated carbocycles. The van der Waals surface area contributed by atoms with Crippen LogP contribution in [0.15, 0.2) is 66.9 Å². The first kappa shape index (κ1) is 17.0. The van der Waals surface area contributed by atoms with Crippen LogP contribution in [0.4, 0.5) is 22.9 Å². The standard InChI is InChI=1S/C20H17N5O/c1-22-15-7-9-16(10-8-15)25-19-11-18(17(13-24-19)20(21)26)23-12-14-5-3-2-4-6-14/h2-11,13H,12H2,(H2,21,26)(H2,23,24,25). The van der Waals surface area contributed by atoms with Gasteiger partial charge in [0.05, 0.1) is 17.8 Å². The average molecular weight is 343 g/mol. The molecule has 4 N–H and O–H groups in total. The number of pyridine rings is 1. The van der Waals surface area contributed by atoms with E-state index in [4.69, 9.17) is 12.3 Å². The lowest BCUT2D eigenvalue weighted by molar-refractivity contribution is 0.100. The van der Waals surface area contributed by atoms with Crippen LogP contribution in [-0.2, 0) is 6.54 Å². The first-order valence-corrected chi connectivity index (χ1v) is 7.98. The number of anilines is 3. The summed E-state index contributed by atoms with van der Waals surface area (Å²) in [5, 5.41) is 6.39. The zero-order valence-electron chi connectivity index (χ0n) is 13.9. The smallest absolute Gasteiger partial charge is 0.252 e. The summed E-state index contributed by atoms with van der Waals surface area (Å²) in [5.41, 5.74) is 8.84. The van der Waals surface area contributed by atoms with Gasteiger partial charge in [-0.2, -0.15) is 0 Å². The summed E-state index contributed by atoms with van der Waals surface area (Å²) in [6, 6.07) is 18.6. The lowest BCUT2D eigenvalue weighted by atomic mass is 10.2. The van der Waals surface area contributed by atoms with Gasteiger partial charge in [0.2, 0.25) is 0 Å². The lowest BCUT2D eigenvalue weighted by Gasteiger charge is -2.13. The number of rotatable bonds is 6. The highest BCUT2D eigenvalue weighted by atomic mass is 16.1. The zero-order valence-corrected chi connectivity index (χ0v) is 13.9. The molecule has 1 aromatic heterocycles. The van der Waals surface area contributed by atoms with Crippen molar-refractivity contribution in [3.8, 4) is 0 Å². The fourth-order valence-electron chi connectivity index (χ4n) is 2.43. The average Bonchev–Trinajstić information content (AvgIpc) is 2.68. The van der Waals surface area contributed by atoms with Crippen LogP contribution in [0, 0.1) is 6.57 Å². The van der Waals surface area contributed by atoms with Gasteiger partial charge in [-0.3, -0.25) is 4.79 Å². The Kier molecular flexibility index (Phi) is 5.11. The number of primary amides is 1. The highest BCUT2D eigenvalue weighted by molar-refractivity contribution is 5.98. The number of nitrogens with zero attached hydrogens (tertiary/aromatic N) is 2. The summed E-state index contributed by atoms with van der Waals surface area (Å²) in [5.74, 6) is 0.0298. The lowest BCUT2D eigenvalue weighted by Crippen LogP contribution is -2.15. The van der Waals surface area contributed by atoms with Gasteiger partial charge in [0, 0.05) is 24.5 Å². The molecule has 0 unspecified atom stereocenters. The second-order valence-electron chi connectivity index (χ2n) is 5.60. The van der Waals surface area contributed by atoms with Crippen LogP contribution in [0.2, 0.25) is 0 Å². The molecule has 0 spiro atoms. The van der Waals surface area contributed by atoms with Crippen LogP contribution in [0.3, 0.4) is 0 Å². The van der Waals surface area contributed by atoms with Crippen molar-refractivity contribution < 1.29 is 4.79 Å². The van der Waals surface area contributed by atoms with E-state index in [1.165, 1.54) is 6.20 Å². The Balaban J connectivity index is 1.81. The number of nitrogens with one attached hydrogen (secondary N) is 2. The molecule has 0 saturated heterocycles. The van der Waals surface area contributed by atoms with Gasteiger partial charge < -0.3 is 16.4 Å². The van der Waals surface area contributed by atoms with Crippen molar-refractivity contribution in [3.63, 3.8) is 0 Å². The topological polar surface area (TPSA) is 84.4 Å². The molecule has 6 nitrogen and oxygen atoms in total. The Labute approximate surface area is 151 Å². The summed E-state index contributed by atoms with van der Waals surface area (Å²) in [4.78, 5) is 19.3. The molecule has 0 atom stereocenters. The Hall–Kier alpha value is -3.85. The summed E-state index contributed by atoms with van der Waals surface area (Å²) in [6.45, 7) is 7.54. The molecule has 3 rings (SSSR count). The maximum atomic E-state index is 11.7. The molecule has 2 aromatic carbocycles. The molecular weight excluding hydrogens is 326 g/mol. The van der Waals surface area contributed by atoms with Crippen LogP contribution in [0.1, 0.15) is 15.9 Å². The van der Waals surface area contributed by atoms with E-state index < -0.39 is 5.91 Å². The summed E-state index contributed by atoms with van der Waals surface area (Å²) >= 11 is 0. The van der Waals surface area contributed by atoms with E-state index in [1.54, 1.807) is 30.3 Å². The number of carbonyl (C=O) groups is 1. The third kappa shape index (κ3) is 4.16. The van der Waals surface area contributed by atoms with Crippen molar-refractivity contribution in [2.75, 3.05) is 10.6 Å². The minimum Gasteiger partial charge on any atom is -0.380 e. The number of hydrogen-bond acceptors (Lipinski definition) is 4. The van der Waals surface area contributed by atoms with Crippen LogP contribution in [-0.4, -0.2) is 10.9 Å². The monoisotopic (exact) mass is 343 g/mol. The highest BCUT2D eigenvalue weighted by Gasteiger charge is 2.10. The van der Waals surface area contributed by atoms with E-state index in [9.17, 15) is 4.79 Å². The second kappa shape index (κ2) is 7.81. The van der Waals surface area contributed by atoms with E-state index >= 15 is 0 Å². The predicted octanol–water partition coefficient (Wildman–Crippen LogP) is 4.09. The van der Waals surface area contributed by atoms with Gasteiger partial charge in [-0.1, -0.05) is 42.5 Å². The van der Waals surface area contributed by atoms with Gasteiger partial charge >= 0.3 is 0 Å². The molecule has 3 aromatic rings. The Morgan fingerprint density at radius 2 is 1.85 bits per heavy atom. The summed E-state index contributed by atoms with van der Waals surface area (Å²) < 4.78 is 0. The first-order chi connectivity index (χ1) is 12.7. The van der Waals surface area contributed by atoms with E-state index in [-0.39, 0.29) is 0 Å². The number of carbonyl (C=O) groups excluding carboxylic acids is 1. The van der Waals surface area contributed by atoms with Gasteiger partial charge in [0.25, 0.3) is 5.91 Å². The number of aromatic nitrogens is 1. The number of benzene rings is 2. The maximum absolute atomic E-state index is 11.7. The number of amides is 1. The molecule has 0 aliphatic heterocycles. The largest absolute Gasteiger partial charge is 0.380 e. The van der Waals surface area contributed by atoms with Crippen molar-refractivity contribution in [3.05, 3.63) is 89.4 Å². The minimum atomic E-state index is -0.541. The molecular formula is C20H17N5O. The molecule has 0 radical (unpaired) electrons. The van der Waals surface area contributed by atoms with Crippen molar-refractivity contribution >= 4 is 28.8 Å². The Morgan fingerprint density at radius 3 is 2.50 bits per heavy atom. The molecule has 0 fully saturated rings. The SMILES string of the molecule is [C-]#[N+]c1ccc(Nc2cc(NCc3ccccc3)c(C(N)=O)cn2)cc1. The molecule has 6 heteroatoms. The molecule has 0 aliphatic carbocycles. The van der Waals surface area contributed by atoms with E-state index in [1.807, 2.05) is 30.3 Å². The van der Waals surface area contributed by atoms with Crippen molar-refractivity contribution in [2.45, 2.75) is 6.54 Å². The Bertz CT molecular complexity index is 946. The van der Waals surface area contributed by atoms with Gasteiger partial charge in [0.15, 0.2) is 5.69 Å². The predicted molar refractivity (Wildman–Crippen MR) is 103 cm³/mol. The highest BCUT2D eigenvalue weighted by Crippen LogP contribution is 2.23. The van der Waals surface area contributed by atoms with E-state index in [2.05, 4.69) is 20.5 Å². The summed E-state index contributed by atoms with van der Waals surface area (Å²) in [7, 11) is 0. The first-order valence-electron chi connectivity index (χ1n) is 7.98. The van der Waals surface area contributed by atoms with Crippen LogP contribution < -0.4 is 16.4 Å². The van der Waals surface area contributed by atoms with Gasteiger partial charge in [0.1, 0.15) is 5.82 Å². The van der Waals surface area contributed by atoms with E-state index in [0.29, 0.717) is 29.3 Å². The van der Waals surface area contributed by atoms with Crippen LogP contribution in [0.5, 0.6) is 0 Å². The van der Waals surface area contributed by atoms with Gasteiger partial charge in [-0.15, -0.1) is 0 Å². The maximum Gasteiger partial charge on any atom is 0.252 e. The molecule has 1 amide bonds. The minimum absolute atomic E-state index is 0.329. The van der Waals surface area contributed by atoms with Crippen LogP contribution in [0.25, 0.3) is 4.85 Å². The summed E-state index contributed by atoms with van der Waals surface area (Å²) in [6.07, 6.45) is 1.45. The fraction of sp³-hybridized carbons (Fsp3) is 0.0500. The quantitative estimate of drug-likeness (QED) is 0.589. The normalized spacial score (nSPS) is 9.96. The zero-order chi connectivity index (χ0) is 18.4. The molecule has 1 heterocycles. The molecule has 26 heavy (non-hydrogen) atoms. The second-order valence-corrected chi connectivity index (χ2v) is 5.60. The third-order valence-electron chi connectivity index (χ3n) is 3.76. The van der Waals surface area contributed by atoms with Gasteiger partial charge in [-0.25, -0.2) is 9.83 Å². The molecule has 0 bridgehead atoms. The van der Waals surface area contributed by atoms with Crippen molar-refractivity contribution in [2.24, 2.45) is 5.73 Å². The fourth-order valence-corrected chi connectivity index (χ4v) is 2.43. The number of nitrogens with two attached hydrogens (primary N) is 1. The van der Waals surface area contributed by atoms with Crippen LogP contribution >= 0.6 is 0 Å². The van der Waals surface area contributed by atoms with Gasteiger partial charge in [-0.05, 0) is 17.7 Å². The molecule has 128 valence electrons. The Morgan fingerprint density at radius 1 is 1.12 bits per heavy atom. The van der Waals surface area contributed by atoms with E-state index in [0.717, 1.165) is 11.3 Å².